The normalized spacial score (nSPS) is 44.2. The van der Waals surface area contributed by atoms with Crippen LogP contribution in [0.5, 0.6) is 0 Å². The van der Waals surface area contributed by atoms with Crippen molar-refractivity contribution in [3.8, 4) is 12.3 Å². The van der Waals surface area contributed by atoms with Gasteiger partial charge in [-0.25, -0.2) is 0 Å². The Labute approximate surface area is 137 Å². The minimum Gasteiger partial charge on any atom is -0.299 e. The molecule has 4 aliphatic rings. The predicted molar refractivity (Wildman–Crippen MR) is 89.3 cm³/mol. The molecule has 0 aromatic carbocycles. The smallest absolute Gasteiger partial charge is 0.178 e. The van der Waals surface area contributed by atoms with Gasteiger partial charge in [-0.3, -0.25) is 9.59 Å². The third kappa shape index (κ3) is 1.83. The second-order valence-electron chi connectivity index (χ2n) is 7.82. The van der Waals surface area contributed by atoms with Crippen molar-refractivity contribution in [3.63, 3.8) is 0 Å². The molecule has 2 heteroatoms. The van der Waals surface area contributed by atoms with Gasteiger partial charge in [0.2, 0.25) is 0 Å². The average Bonchev–Trinajstić information content (AvgIpc) is 2.84. The highest BCUT2D eigenvalue weighted by Gasteiger charge is 2.58. The van der Waals surface area contributed by atoms with Crippen molar-refractivity contribution < 1.29 is 9.59 Å². The topological polar surface area (TPSA) is 34.1 Å². The Bertz CT molecular complexity index is 717. The molecule has 2 nitrogen and oxygen atoms in total. The van der Waals surface area contributed by atoms with E-state index in [0.29, 0.717) is 30.0 Å². The Morgan fingerprint density at radius 3 is 2.87 bits per heavy atom. The lowest BCUT2D eigenvalue weighted by molar-refractivity contribution is -0.130. The monoisotopic (exact) mass is 306 g/mol. The van der Waals surface area contributed by atoms with Gasteiger partial charge < -0.3 is 0 Å². The number of hydrogen-bond donors (Lipinski definition) is 0. The Balaban J connectivity index is 1.81. The van der Waals surface area contributed by atoms with E-state index in [1.165, 1.54) is 0 Å². The molecule has 5 atom stereocenters. The van der Waals surface area contributed by atoms with Gasteiger partial charge in [0.05, 0.1) is 0 Å². The van der Waals surface area contributed by atoms with E-state index in [1.807, 2.05) is 0 Å². The van der Waals surface area contributed by atoms with Crippen LogP contribution >= 0.6 is 0 Å². The number of rotatable bonds is 1. The summed E-state index contributed by atoms with van der Waals surface area (Å²) in [4.78, 5) is 24.2. The molecule has 0 heterocycles. The summed E-state index contributed by atoms with van der Waals surface area (Å²) in [5.74, 6) is 4.56. The number of allylic oxidation sites excluding steroid dienone is 6. The Hall–Kier alpha value is -1.88. The average molecular weight is 306 g/mol. The summed E-state index contributed by atoms with van der Waals surface area (Å²) < 4.78 is 0. The van der Waals surface area contributed by atoms with E-state index in [1.54, 1.807) is 12.2 Å². The molecular formula is C21H22O2. The molecule has 0 aliphatic heterocycles. The molecule has 2 saturated carbocycles. The quantitative estimate of drug-likeness (QED) is 0.693. The molecule has 4 rings (SSSR count). The molecule has 0 N–H and O–H groups in total. The van der Waals surface area contributed by atoms with Gasteiger partial charge in [0, 0.05) is 23.7 Å². The molecule has 3 unspecified atom stereocenters. The maximum atomic E-state index is 12.4. The van der Waals surface area contributed by atoms with Crippen LogP contribution in [-0.2, 0) is 9.59 Å². The lowest BCUT2D eigenvalue weighted by Crippen LogP contribution is -2.49. The van der Waals surface area contributed by atoms with Crippen molar-refractivity contribution in [2.75, 3.05) is 0 Å². The summed E-state index contributed by atoms with van der Waals surface area (Å²) in [6.45, 7) is 2.16. The van der Waals surface area contributed by atoms with Gasteiger partial charge in [-0.1, -0.05) is 25.2 Å². The first-order valence-electron chi connectivity index (χ1n) is 8.62. The molecule has 0 amide bonds. The van der Waals surface area contributed by atoms with Crippen molar-refractivity contribution in [1.82, 2.24) is 0 Å². The van der Waals surface area contributed by atoms with E-state index >= 15 is 0 Å². The Morgan fingerprint density at radius 2 is 2.09 bits per heavy atom. The van der Waals surface area contributed by atoms with Crippen LogP contribution in [0.4, 0.5) is 0 Å². The van der Waals surface area contributed by atoms with E-state index in [0.717, 1.165) is 31.3 Å². The lowest BCUT2D eigenvalue weighted by atomic mass is 9.49. The Morgan fingerprint density at radius 1 is 1.26 bits per heavy atom. The van der Waals surface area contributed by atoms with Crippen molar-refractivity contribution in [3.05, 3.63) is 36.0 Å². The number of fused-ring (bicyclic) bond motifs is 5. The van der Waals surface area contributed by atoms with Gasteiger partial charge in [-0.15, -0.1) is 12.3 Å². The van der Waals surface area contributed by atoms with E-state index in [2.05, 4.69) is 31.1 Å². The number of Topliss-reactive ketones (excluding diaryl/α,β-unsaturated/α-hetero) is 1. The van der Waals surface area contributed by atoms with E-state index < -0.39 is 0 Å². The van der Waals surface area contributed by atoms with Crippen molar-refractivity contribution in [2.24, 2.45) is 28.6 Å². The van der Waals surface area contributed by atoms with Gasteiger partial charge in [0.25, 0.3) is 0 Å². The molecule has 0 aromatic heterocycles. The highest BCUT2D eigenvalue weighted by atomic mass is 16.1. The maximum Gasteiger partial charge on any atom is 0.178 e. The SMILES string of the molecule is C#CC[C@]12C=CC(=O)C=C1C=CC1C3CCC(=O)[C@@]3(C)CCC12. The fourth-order valence-corrected chi connectivity index (χ4v) is 5.72. The van der Waals surface area contributed by atoms with Crippen LogP contribution in [0.25, 0.3) is 0 Å². The third-order valence-corrected chi connectivity index (χ3v) is 6.98. The zero-order valence-electron chi connectivity index (χ0n) is 13.5. The molecule has 23 heavy (non-hydrogen) atoms. The summed E-state index contributed by atoms with van der Waals surface area (Å²) >= 11 is 0. The van der Waals surface area contributed by atoms with E-state index in [9.17, 15) is 9.59 Å². The summed E-state index contributed by atoms with van der Waals surface area (Å²) in [5, 5.41) is 0. The summed E-state index contributed by atoms with van der Waals surface area (Å²) in [6.07, 6.45) is 19.9. The summed E-state index contributed by atoms with van der Waals surface area (Å²) in [5.41, 5.74) is 0.699. The molecule has 0 bridgehead atoms. The predicted octanol–water partition coefficient (Wildman–Crippen LogP) is 3.64. The fraction of sp³-hybridized carbons (Fsp3) is 0.524. The number of carbonyl (C=O) groups is 2. The van der Waals surface area contributed by atoms with Crippen LogP contribution in [0.1, 0.15) is 39.0 Å². The highest BCUT2D eigenvalue weighted by molar-refractivity contribution is 6.01. The standard InChI is InChI=1S/C21H22O2/c1-3-10-21-12-8-15(22)13-14(21)4-5-16-17-6-7-19(23)20(17,2)11-9-18(16)21/h1,4-5,8,12-13,16-18H,6-7,9-11H2,2H3/t16?,17?,18?,20-,21-/m0/s1. The molecule has 118 valence electrons. The lowest BCUT2D eigenvalue weighted by Gasteiger charge is -2.54. The van der Waals surface area contributed by atoms with Gasteiger partial charge in [0.15, 0.2) is 5.78 Å². The first-order chi connectivity index (χ1) is 11.0. The molecule has 2 fully saturated rings. The third-order valence-electron chi connectivity index (χ3n) is 6.98. The zero-order chi connectivity index (χ0) is 16.2. The number of terminal acetylenes is 1. The molecular weight excluding hydrogens is 284 g/mol. The fourth-order valence-electron chi connectivity index (χ4n) is 5.72. The highest BCUT2D eigenvalue weighted by Crippen LogP contribution is 2.62. The van der Waals surface area contributed by atoms with Gasteiger partial charge in [-0.05, 0) is 54.7 Å². The molecule has 4 aliphatic carbocycles. The molecule has 0 saturated heterocycles. The molecule has 0 radical (unpaired) electrons. The van der Waals surface area contributed by atoms with Gasteiger partial charge >= 0.3 is 0 Å². The first kappa shape index (κ1) is 14.7. The van der Waals surface area contributed by atoms with Crippen LogP contribution in [-0.4, -0.2) is 11.6 Å². The van der Waals surface area contributed by atoms with Gasteiger partial charge in [0.1, 0.15) is 5.78 Å². The van der Waals surface area contributed by atoms with Crippen LogP contribution < -0.4 is 0 Å². The van der Waals surface area contributed by atoms with E-state index in [-0.39, 0.29) is 16.6 Å². The second-order valence-corrected chi connectivity index (χ2v) is 7.82. The second kappa shape index (κ2) is 4.81. The number of ketones is 2. The number of carbonyl (C=O) groups excluding carboxylic acids is 2. The minimum atomic E-state index is -0.213. The first-order valence-corrected chi connectivity index (χ1v) is 8.62. The minimum absolute atomic E-state index is 0.0486. The largest absolute Gasteiger partial charge is 0.299 e. The Kier molecular flexibility index (Phi) is 3.07. The van der Waals surface area contributed by atoms with E-state index in [4.69, 9.17) is 6.42 Å². The van der Waals surface area contributed by atoms with Crippen molar-refractivity contribution in [2.45, 2.75) is 39.0 Å². The number of hydrogen-bond acceptors (Lipinski definition) is 2. The van der Waals surface area contributed by atoms with Crippen LogP contribution in [0, 0.1) is 40.9 Å². The molecule has 0 aromatic rings. The summed E-state index contributed by atoms with van der Waals surface area (Å²) in [7, 11) is 0. The molecule has 0 spiro atoms. The van der Waals surface area contributed by atoms with Crippen LogP contribution in [0.2, 0.25) is 0 Å². The van der Waals surface area contributed by atoms with Gasteiger partial charge in [-0.2, -0.15) is 0 Å². The zero-order valence-corrected chi connectivity index (χ0v) is 13.5. The van der Waals surface area contributed by atoms with Crippen molar-refractivity contribution >= 4 is 11.6 Å². The maximum absolute atomic E-state index is 12.4. The van der Waals surface area contributed by atoms with Crippen LogP contribution in [0.3, 0.4) is 0 Å². The van der Waals surface area contributed by atoms with Crippen molar-refractivity contribution in [1.29, 1.82) is 0 Å². The summed E-state index contributed by atoms with van der Waals surface area (Å²) in [6, 6.07) is 0. The van der Waals surface area contributed by atoms with Crippen LogP contribution in [0.15, 0.2) is 36.0 Å².